The van der Waals surface area contributed by atoms with E-state index in [9.17, 15) is 4.79 Å². The van der Waals surface area contributed by atoms with Gasteiger partial charge in [-0.2, -0.15) is 0 Å². The van der Waals surface area contributed by atoms with Crippen molar-refractivity contribution in [3.05, 3.63) is 36.0 Å². The van der Waals surface area contributed by atoms with Crippen LogP contribution in [0.25, 0.3) is 10.9 Å². The molecule has 0 bridgehead atoms. The van der Waals surface area contributed by atoms with E-state index in [1.165, 1.54) is 0 Å². The Hall–Kier alpha value is -1.93. The molecule has 1 aromatic heterocycles. The van der Waals surface area contributed by atoms with E-state index >= 15 is 0 Å². The maximum absolute atomic E-state index is 12.2. The maximum Gasteiger partial charge on any atom is 0.310 e. The number of esters is 1. The average molecular weight is 408 g/mol. The van der Waals surface area contributed by atoms with Crippen LogP contribution in [0.2, 0.25) is 0 Å². The first-order valence-corrected chi connectivity index (χ1v) is 10.1. The Kier molecular flexibility index (Phi) is 10.7. The van der Waals surface area contributed by atoms with E-state index in [-0.39, 0.29) is 19.0 Å². The van der Waals surface area contributed by atoms with E-state index in [1.54, 1.807) is 7.11 Å². The molecule has 0 fully saturated rings. The summed E-state index contributed by atoms with van der Waals surface area (Å²) in [4.78, 5) is 12.2. The second-order valence-electron chi connectivity index (χ2n) is 6.90. The van der Waals surface area contributed by atoms with Gasteiger partial charge in [-0.15, -0.1) is 0 Å². The van der Waals surface area contributed by atoms with Crippen LogP contribution in [0.3, 0.4) is 0 Å². The lowest BCUT2D eigenvalue weighted by Crippen LogP contribution is -2.15. The van der Waals surface area contributed by atoms with Crippen molar-refractivity contribution >= 4 is 16.9 Å². The summed E-state index contributed by atoms with van der Waals surface area (Å²) in [5, 5.41) is 1.10. The zero-order chi connectivity index (χ0) is 20.9. The zero-order valence-corrected chi connectivity index (χ0v) is 17.7. The number of hydrogen-bond acceptors (Lipinski definition) is 6. The Labute approximate surface area is 172 Å². The fraction of sp³-hybridized carbons (Fsp3) is 0.591. The predicted octanol–water partition coefficient (Wildman–Crippen LogP) is 3.00. The molecule has 0 saturated carbocycles. The first-order valence-electron chi connectivity index (χ1n) is 10.1. The van der Waals surface area contributed by atoms with Crippen molar-refractivity contribution < 1.29 is 28.5 Å². The van der Waals surface area contributed by atoms with Gasteiger partial charge in [-0.3, -0.25) is 4.79 Å². The first-order chi connectivity index (χ1) is 14.1. The van der Waals surface area contributed by atoms with Gasteiger partial charge in [0.05, 0.1) is 52.7 Å². The molecular formula is C22H33NO6. The fourth-order valence-corrected chi connectivity index (χ4v) is 2.95. The maximum atomic E-state index is 12.2. The molecule has 0 spiro atoms. The predicted molar refractivity (Wildman–Crippen MR) is 111 cm³/mol. The smallest absolute Gasteiger partial charge is 0.310 e. The van der Waals surface area contributed by atoms with Crippen LogP contribution < -0.4 is 0 Å². The summed E-state index contributed by atoms with van der Waals surface area (Å²) in [7, 11) is 1.64. The number of para-hydroxylation sites is 1. The van der Waals surface area contributed by atoms with Gasteiger partial charge in [-0.05, 0) is 25.5 Å². The summed E-state index contributed by atoms with van der Waals surface area (Å²) in [6.45, 7) is 8.00. The second kappa shape index (κ2) is 13.3. The van der Waals surface area contributed by atoms with Crippen molar-refractivity contribution in [1.29, 1.82) is 0 Å². The largest absolute Gasteiger partial charge is 0.463 e. The highest BCUT2D eigenvalue weighted by Gasteiger charge is 2.13. The monoisotopic (exact) mass is 407 g/mol. The quantitative estimate of drug-likeness (QED) is 0.334. The lowest BCUT2D eigenvalue weighted by molar-refractivity contribution is -0.144. The number of hydrogen-bond donors (Lipinski definition) is 0. The Balaban J connectivity index is 1.58. The van der Waals surface area contributed by atoms with Gasteiger partial charge in [-0.25, -0.2) is 0 Å². The van der Waals surface area contributed by atoms with Crippen molar-refractivity contribution in [1.82, 2.24) is 4.57 Å². The number of ether oxygens (including phenoxy) is 5. The van der Waals surface area contributed by atoms with Crippen LogP contribution in [-0.4, -0.2) is 70.5 Å². The summed E-state index contributed by atoms with van der Waals surface area (Å²) in [5.41, 5.74) is 2.12. The van der Waals surface area contributed by atoms with Crippen LogP contribution in [0.4, 0.5) is 0 Å². The van der Waals surface area contributed by atoms with Gasteiger partial charge in [-0.1, -0.05) is 18.2 Å². The van der Waals surface area contributed by atoms with Gasteiger partial charge in [0.15, 0.2) is 0 Å². The van der Waals surface area contributed by atoms with E-state index in [2.05, 4.69) is 24.5 Å². The van der Waals surface area contributed by atoms with E-state index in [0.29, 0.717) is 52.3 Å². The van der Waals surface area contributed by atoms with Gasteiger partial charge in [0.1, 0.15) is 6.61 Å². The highest BCUT2D eigenvalue weighted by atomic mass is 16.6. The number of methoxy groups -OCH3 is 1. The highest BCUT2D eigenvalue weighted by molar-refractivity contribution is 5.88. The highest BCUT2D eigenvalue weighted by Crippen LogP contribution is 2.25. The van der Waals surface area contributed by atoms with Crippen molar-refractivity contribution in [2.24, 2.45) is 0 Å². The molecule has 29 heavy (non-hydrogen) atoms. The van der Waals surface area contributed by atoms with Crippen molar-refractivity contribution in [3.63, 3.8) is 0 Å². The number of nitrogens with zero attached hydrogens (tertiary/aromatic N) is 1. The molecule has 2 aromatic rings. The molecule has 0 aliphatic carbocycles. The van der Waals surface area contributed by atoms with Crippen molar-refractivity contribution in [3.8, 4) is 0 Å². The molecular weight excluding hydrogens is 374 g/mol. The average Bonchev–Trinajstić information content (AvgIpc) is 3.08. The molecule has 7 nitrogen and oxygen atoms in total. The number of benzene rings is 1. The zero-order valence-electron chi connectivity index (χ0n) is 17.7. The molecule has 0 aliphatic rings. The van der Waals surface area contributed by atoms with Gasteiger partial charge in [0, 0.05) is 30.3 Å². The molecule has 0 aliphatic heterocycles. The van der Waals surface area contributed by atoms with E-state index < -0.39 is 0 Å². The van der Waals surface area contributed by atoms with E-state index in [1.807, 2.05) is 24.4 Å². The summed E-state index contributed by atoms with van der Waals surface area (Å²) in [5.74, 6) is -0.246. The molecule has 1 heterocycles. The number of aromatic nitrogens is 1. The van der Waals surface area contributed by atoms with Crippen LogP contribution in [0.1, 0.15) is 25.5 Å². The van der Waals surface area contributed by atoms with E-state index in [4.69, 9.17) is 23.7 Å². The van der Waals surface area contributed by atoms with Crippen molar-refractivity contribution in [2.45, 2.75) is 26.3 Å². The van der Waals surface area contributed by atoms with Gasteiger partial charge < -0.3 is 28.3 Å². The molecule has 0 atom stereocenters. The van der Waals surface area contributed by atoms with E-state index in [0.717, 1.165) is 16.5 Å². The third-order valence-corrected chi connectivity index (χ3v) is 4.38. The third kappa shape index (κ3) is 8.14. The Morgan fingerprint density at radius 3 is 2.10 bits per heavy atom. The van der Waals surface area contributed by atoms with Gasteiger partial charge in [0.2, 0.25) is 0 Å². The third-order valence-electron chi connectivity index (χ3n) is 4.38. The molecule has 0 amide bonds. The molecule has 162 valence electrons. The SMILES string of the molecule is COCCOCCOCCOCCOC(=O)Cc1cn(C(C)C)c2ccccc12. The van der Waals surface area contributed by atoms with Crippen LogP contribution in [0, 0.1) is 0 Å². The van der Waals surface area contributed by atoms with Crippen molar-refractivity contribution in [2.75, 3.05) is 60.0 Å². The molecule has 1 aromatic carbocycles. The molecule has 0 N–H and O–H groups in total. The summed E-state index contributed by atoms with van der Waals surface area (Å²) >= 11 is 0. The number of fused-ring (bicyclic) bond motifs is 1. The van der Waals surface area contributed by atoms with Crippen LogP contribution >= 0.6 is 0 Å². The van der Waals surface area contributed by atoms with Gasteiger partial charge in [0.25, 0.3) is 0 Å². The molecule has 7 heteroatoms. The fourth-order valence-electron chi connectivity index (χ4n) is 2.95. The Morgan fingerprint density at radius 2 is 1.48 bits per heavy atom. The number of carbonyl (C=O) groups is 1. The number of rotatable bonds is 15. The lowest BCUT2D eigenvalue weighted by atomic mass is 10.1. The summed E-state index contributed by atoms with van der Waals surface area (Å²) in [6.07, 6.45) is 2.30. The standard InChI is InChI=1S/C22H33NO6/c1-18(2)23-17-19(20-6-4-5-7-21(20)23)16-22(24)29-15-14-28-13-12-27-11-10-26-9-8-25-3/h4-7,17-18H,8-16H2,1-3H3. The Bertz CT molecular complexity index is 727. The summed E-state index contributed by atoms with van der Waals surface area (Å²) in [6, 6.07) is 8.45. The van der Waals surface area contributed by atoms with Crippen LogP contribution in [-0.2, 0) is 34.9 Å². The number of carbonyl (C=O) groups excluding carboxylic acids is 1. The van der Waals surface area contributed by atoms with Crippen LogP contribution in [0.5, 0.6) is 0 Å². The van der Waals surface area contributed by atoms with Crippen LogP contribution in [0.15, 0.2) is 30.5 Å². The lowest BCUT2D eigenvalue weighted by Gasteiger charge is -2.08. The normalized spacial score (nSPS) is 11.4. The Morgan fingerprint density at radius 1 is 0.897 bits per heavy atom. The second-order valence-corrected chi connectivity index (χ2v) is 6.90. The summed E-state index contributed by atoms with van der Waals surface area (Å²) < 4.78 is 28.5. The molecule has 2 rings (SSSR count). The minimum absolute atomic E-state index is 0.238. The molecule has 0 unspecified atom stereocenters. The first kappa shape index (κ1) is 23.3. The molecule has 0 radical (unpaired) electrons. The van der Waals surface area contributed by atoms with Gasteiger partial charge >= 0.3 is 5.97 Å². The topological polar surface area (TPSA) is 68.2 Å². The minimum Gasteiger partial charge on any atom is -0.463 e. The minimum atomic E-state index is -0.246. The molecule has 0 saturated heterocycles.